The number of hydrogen-bond donors (Lipinski definition) is 1. The van der Waals surface area contributed by atoms with Gasteiger partial charge in [-0.25, -0.2) is 4.98 Å². The van der Waals surface area contributed by atoms with Gasteiger partial charge in [0.2, 0.25) is 0 Å². The second-order valence-corrected chi connectivity index (χ2v) is 8.83. The van der Waals surface area contributed by atoms with Crippen LogP contribution in [-0.4, -0.2) is 23.5 Å². The Balaban J connectivity index is 1.95. The quantitative estimate of drug-likeness (QED) is 0.902. The molecular formula is C15H24N2S2. The molecule has 106 valence electrons. The molecule has 1 saturated heterocycles. The maximum absolute atomic E-state index is 5.03. The van der Waals surface area contributed by atoms with E-state index in [1.165, 1.54) is 54.3 Å². The average Bonchev–Trinajstić information content (AvgIpc) is 2.81. The molecule has 1 aromatic heterocycles. The average molecular weight is 297 g/mol. The van der Waals surface area contributed by atoms with Gasteiger partial charge in [-0.3, -0.25) is 0 Å². The molecular weight excluding hydrogens is 272 g/mol. The van der Waals surface area contributed by atoms with E-state index in [2.05, 4.69) is 38.0 Å². The highest BCUT2D eigenvalue weighted by Gasteiger charge is 2.43. The molecule has 3 rings (SSSR count). The molecule has 0 spiro atoms. The van der Waals surface area contributed by atoms with Crippen LogP contribution in [0.3, 0.4) is 0 Å². The molecule has 0 amide bonds. The number of nitrogens with zero attached hydrogens (tertiary/aromatic N) is 1. The fraction of sp³-hybridized carbons (Fsp3) is 0.800. The summed E-state index contributed by atoms with van der Waals surface area (Å²) in [6, 6.07) is 0. The monoisotopic (exact) mass is 296 g/mol. The maximum Gasteiger partial charge on any atom is 0.114 e. The normalized spacial score (nSPS) is 30.1. The summed E-state index contributed by atoms with van der Waals surface area (Å²) in [4.78, 5) is 6.59. The number of thiazole rings is 1. The summed E-state index contributed by atoms with van der Waals surface area (Å²) in [7, 11) is 2.11. The molecule has 1 fully saturated rings. The molecule has 1 atom stereocenters. The molecule has 0 bridgehead atoms. The van der Waals surface area contributed by atoms with E-state index < -0.39 is 0 Å². The third-order valence-electron chi connectivity index (χ3n) is 4.36. The van der Waals surface area contributed by atoms with Crippen molar-refractivity contribution in [2.75, 3.05) is 18.6 Å². The lowest BCUT2D eigenvalue weighted by Gasteiger charge is -2.43. The summed E-state index contributed by atoms with van der Waals surface area (Å²) in [5.41, 5.74) is 1.90. The molecule has 1 aliphatic heterocycles. The topological polar surface area (TPSA) is 24.9 Å². The summed E-state index contributed by atoms with van der Waals surface area (Å²) in [6.45, 7) is 4.78. The van der Waals surface area contributed by atoms with Crippen molar-refractivity contribution in [3.05, 3.63) is 15.6 Å². The summed E-state index contributed by atoms with van der Waals surface area (Å²) >= 11 is 4.06. The molecule has 2 aliphatic rings. The van der Waals surface area contributed by atoms with Crippen LogP contribution < -0.4 is 5.32 Å². The van der Waals surface area contributed by atoms with E-state index >= 15 is 0 Å². The zero-order chi connectivity index (χ0) is 13.5. The van der Waals surface area contributed by atoms with Crippen LogP contribution in [0.2, 0.25) is 0 Å². The van der Waals surface area contributed by atoms with Gasteiger partial charge in [-0.15, -0.1) is 11.3 Å². The van der Waals surface area contributed by atoms with Crippen LogP contribution in [0.1, 0.15) is 48.7 Å². The summed E-state index contributed by atoms with van der Waals surface area (Å²) in [6.07, 6.45) is 6.33. The summed E-state index contributed by atoms with van der Waals surface area (Å²) in [5, 5.41) is 4.97. The van der Waals surface area contributed by atoms with Crippen LogP contribution in [0.15, 0.2) is 0 Å². The minimum atomic E-state index is 0.106. The van der Waals surface area contributed by atoms with Crippen molar-refractivity contribution in [3.8, 4) is 0 Å². The van der Waals surface area contributed by atoms with Gasteiger partial charge in [-0.05, 0) is 50.3 Å². The zero-order valence-electron chi connectivity index (χ0n) is 12.2. The number of fused-ring (bicyclic) bond motifs is 1. The largest absolute Gasteiger partial charge is 0.308 e. The van der Waals surface area contributed by atoms with E-state index in [0.29, 0.717) is 5.41 Å². The molecule has 19 heavy (non-hydrogen) atoms. The first kappa shape index (κ1) is 13.9. The Bertz CT molecular complexity index is 443. The predicted molar refractivity (Wildman–Crippen MR) is 85.2 cm³/mol. The maximum atomic E-state index is 5.03. The predicted octanol–water partition coefficient (Wildman–Crippen LogP) is 3.60. The zero-order valence-corrected chi connectivity index (χ0v) is 13.8. The third kappa shape index (κ3) is 2.59. The second kappa shape index (κ2) is 5.05. The Hall–Kier alpha value is -0.0600. The van der Waals surface area contributed by atoms with Gasteiger partial charge >= 0.3 is 0 Å². The molecule has 4 heteroatoms. The van der Waals surface area contributed by atoms with Crippen LogP contribution in [-0.2, 0) is 18.4 Å². The van der Waals surface area contributed by atoms with Crippen molar-refractivity contribution in [2.45, 2.75) is 51.5 Å². The van der Waals surface area contributed by atoms with E-state index in [1.807, 2.05) is 11.3 Å². The van der Waals surface area contributed by atoms with Crippen molar-refractivity contribution in [2.24, 2.45) is 5.41 Å². The van der Waals surface area contributed by atoms with E-state index in [9.17, 15) is 0 Å². The minimum Gasteiger partial charge on any atom is -0.308 e. The molecule has 2 nitrogen and oxygen atoms in total. The van der Waals surface area contributed by atoms with Gasteiger partial charge in [0.05, 0.1) is 11.2 Å². The van der Waals surface area contributed by atoms with Crippen LogP contribution in [0.25, 0.3) is 0 Å². The highest BCUT2D eigenvalue weighted by atomic mass is 32.2. The van der Waals surface area contributed by atoms with Gasteiger partial charge in [0, 0.05) is 10.6 Å². The van der Waals surface area contributed by atoms with Gasteiger partial charge in [0.1, 0.15) is 5.01 Å². The Labute approximate surface area is 124 Å². The van der Waals surface area contributed by atoms with Crippen molar-refractivity contribution in [3.63, 3.8) is 0 Å². The highest BCUT2D eigenvalue weighted by molar-refractivity contribution is 7.99. The fourth-order valence-electron chi connectivity index (χ4n) is 3.38. The number of aryl methyl sites for hydroxylation is 2. The summed E-state index contributed by atoms with van der Waals surface area (Å²) in [5.74, 6) is 2.43. The van der Waals surface area contributed by atoms with Crippen LogP contribution in [0.4, 0.5) is 0 Å². The minimum absolute atomic E-state index is 0.106. The number of hydrogen-bond acceptors (Lipinski definition) is 4. The van der Waals surface area contributed by atoms with E-state index in [1.54, 1.807) is 4.88 Å². The van der Waals surface area contributed by atoms with Crippen molar-refractivity contribution < 1.29 is 0 Å². The molecule has 0 aromatic carbocycles. The Morgan fingerprint density at radius 1 is 1.16 bits per heavy atom. The highest BCUT2D eigenvalue weighted by Crippen LogP contribution is 2.46. The molecule has 1 unspecified atom stereocenters. The first-order chi connectivity index (χ1) is 9.05. The fourth-order valence-corrected chi connectivity index (χ4v) is 6.30. The Kier molecular flexibility index (Phi) is 3.69. The second-order valence-electron chi connectivity index (χ2n) is 6.76. The standard InChI is InChI=1S/C15H24N2S2/c1-14(2)8-15(16-3,10-18-9-14)13-17-11-6-4-5-7-12(11)19-13/h16H,4-10H2,1-3H3. The number of rotatable bonds is 2. The SMILES string of the molecule is CNC1(c2nc3c(s2)CCCC3)CSCC(C)(C)C1. The van der Waals surface area contributed by atoms with Crippen molar-refractivity contribution in [1.29, 1.82) is 0 Å². The molecule has 1 aromatic rings. The lowest BCUT2D eigenvalue weighted by molar-refractivity contribution is 0.235. The van der Waals surface area contributed by atoms with Gasteiger partial charge in [0.25, 0.3) is 0 Å². The van der Waals surface area contributed by atoms with Gasteiger partial charge in [0.15, 0.2) is 0 Å². The first-order valence-electron chi connectivity index (χ1n) is 7.30. The van der Waals surface area contributed by atoms with Gasteiger partial charge in [-0.2, -0.15) is 11.8 Å². The first-order valence-corrected chi connectivity index (χ1v) is 9.28. The number of nitrogens with one attached hydrogen (secondary N) is 1. The molecule has 1 aliphatic carbocycles. The van der Waals surface area contributed by atoms with Crippen LogP contribution in [0.5, 0.6) is 0 Å². The Morgan fingerprint density at radius 2 is 1.95 bits per heavy atom. The van der Waals surface area contributed by atoms with Gasteiger partial charge in [-0.1, -0.05) is 13.8 Å². The molecule has 2 heterocycles. The number of aromatic nitrogens is 1. The van der Waals surface area contributed by atoms with Crippen molar-refractivity contribution in [1.82, 2.24) is 10.3 Å². The number of thioether (sulfide) groups is 1. The summed E-state index contributed by atoms with van der Waals surface area (Å²) < 4.78 is 0. The third-order valence-corrected chi connectivity index (χ3v) is 7.40. The van der Waals surface area contributed by atoms with E-state index in [0.717, 1.165) is 0 Å². The van der Waals surface area contributed by atoms with Gasteiger partial charge < -0.3 is 5.32 Å². The van der Waals surface area contributed by atoms with E-state index in [4.69, 9.17) is 4.98 Å². The molecule has 1 N–H and O–H groups in total. The molecule has 0 saturated carbocycles. The Morgan fingerprint density at radius 3 is 2.63 bits per heavy atom. The van der Waals surface area contributed by atoms with E-state index in [-0.39, 0.29) is 5.54 Å². The smallest absolute Gasteiger partial charge is 0.114 e. The molecule has 0 radical (unpaired) electrons. The van der Waals surface area contributed by atoms with Crippen molar-refractivity contribution >= 4 is 23.1 Å². The lowest BCUT2D eigenvalue weighted by Crippen LogP contribution is -2.49. The van der Waals surface area contributed by atoms with Crippen LogP contribution >= 0.6 is 23.1 Å². The lowest BCUT2D eigenvalue weighted by atomic mass is 9.80. The van der Waals surface area contributed by atoms with Crippen LogP contribution in [0, 0.1) is 5.41 Å².